The lowest BCUT2D eigenvalue weighted by Crippen LogP contribution is -2.10. The molecule has 1 aromatic carbocycles. The van der Waals surface area contributed by atoms with Crippen LogP contribution in [0.2, 0.25) is 0 Å². The molecular weight excluding hydrogens is 198 g/mol. The second-order valence-corrected chi connectivity index (χ2v) is 4.63. The molecule has 0 aliphatic carbocycles. The summed E-state index contributed by atoms with van der Waals surface area (Å²) in [6, 6.07) is 4.38. The van der Waals surface area contributed by atoms with E-state index >= 15 is 0 Å². The average molecular weight is 221 g/mol. The Kier molecular flexibility index (Phi) is 4.81. The minimum Gasteiger partial charge on any atom is -0.490 e. The highest BCUT2D eigenvalue weighted by atomic mass is 16.5. The summed E-state index contributed by atoms with van der Waals surface area (Å²) in [5.74, 6) is 1.05. The highest BCUT2D eigenvalue weighted by Crippen LogP contribution is 2.27. The van der Waals surface area contributed by atoms with Crippen LogP contribution in [-0.4, -0.2) is 12.6 Å². The molecular formula is C14H23NO. The number of aryl methyl sites for hydroxylation is 3. The molecule has 90 valence electrons. The van der Waals surface area contributed by atoms with Gasteiger partial charge in [0.1, 0.15) is 5.75 Å². The van der Waals surface area contributed by atoms with Crippen molar-refractivity contribution < 1.29 is 4.74 Å². The first-order valence-electron chi connectivity index (χ1n) is 6.01. The molecule has 2 N–H and O–H groups in total. The highest BCUT2D eigenvalue weighted by Gasteiger charge is 2.09. The smallest absolute Gasteiger partial charge is 0.125 e. The molecule has 0 saturated heterocycles. The van der Waals surface area contributed by atoms with Crippen molar-refractivity contribution in [2.24, 2.45) is 5.73 Å². The summed E-state index contributed by atoms with van der Waals surface area (Å²) in [6.07, 6.45) is 2.23. The summed E-state index contributed by atoms with van der Waals surface area (Å²) in [7, 11) is 0. The maximum Gasteiger partial charge on any atom is 0.125 e. The molecule has 0 amide bonds. The molecule has 0 aromatic heterocycles. The van der Waals surface area contributed by atoms with Crippen LogP contribution < -0.4 is 10.5 Å². The first kappa shape index (κ1) is 13.0. The molecule has 0 atom stereocenters. The van der Waals surface area contributed by atoms with Crippen molar-refractivity contribution in [3.63, 3.8) is 0 Å². The molecule has 0 bridgehead atoms. The Morgan fingerprint density at radius 3 is 2.50 bits per heavy atom. The van der Waals surface area contributed by atoms with Gasteiger partial charge in [-0.3, -0.25) is 0 Å². The maximum atomic E-state index is 5.89. The van der Waals surface area contributed by atoms with E-state index in [1.165, 1.54) is 16.7 Å². The number of hydrogen-bond acceptors (Lipinski definition) is 2. The first-order valence-corrected chi connectivity index (χ1v) is 6.01. The normalized spacial score (nSPS) is 10.9. The number of nitrogens with two attached hydrogens (primary N) is 1. The van der Waals surface area contributed by atoms with E-state index in [0.717, 1.165) is 25.1 Å². The number of ether oxygens (including phenoxy) is 1. The molecule has 1 rings (SSSR count). The van der Waals surface area contributed by atoms with Crippen LogP contribution in [0.15, 0.2) is 12.1 Å². The Morgan fingerprint density at radius 2 is 1.94 bits per heavy atom. The van der Waals surface area contributed by atoms with Gasteiger partial charge in [0.15, 0.2) is 0 Å². The Morgan fingerprint density at radius 1 is 1.25 bits per heavy atom. The second-order valence-electron chi connectivity index (χ2n) is 4.63. The van der Waals surface area contributed by atoms with Crippen LogP contribution in [0.5, 0.6) is 5.75 Å². The molecule has 2 nitrogen and oxygen atoms in total. The van der Waals surface area contributed by atoms with Crippen molar-refractivity contribution in [2.75, 3.05) is 6.54 Å². The Labute approximate surface area is 98.8 Å². The largest absolute Gasteiger partial charge is 0.490 e. The van der Waals surface area contributed by atoms with Gasteiger partial charge in [0.25, 0.3) is 0 Å². The Balaban J connectivity index is 3.00. The Bertz CT molecular complexity index is 345. The summed E-state index contributed by atoms with van der Waals surface area (Å²) < 4.78 is 5.89. The van der Waals surface area contributed by atoms with Gasteiger partial charge in [0.2, 0.25) is 0 Å². The number of hydrogen-bond donors (Lipinski definition) is 1. The van der Waals surface area contributed by atoms with E-state index in [-0.39, 0.29) is 6.10 Å². The van der Waals surface area contributed by atoms with Crippen LogP contribution in [0.3, 0.4) is 0 Å². The van der Waals surface area contributed by atoms with Gasteiger partial charge in [0, 0.05) is 0 Å². The van der Waals surface area contributed by atoms with Crippen molar-refractivity contribution in [1.82, 2.24) is 0 Å². The third kappa shape index (κ3) is 3.53. The standard InChI is InChI=1S/C14H23NO/c1-10(2)16-14-12(4)8-11(3)9-13(14)6-5-7-15/h8-10H,5-7,15H2,1-4H3. The molecule has 0 saturated carbocycles. The van der Waals surface area contributed by atoms with Crippen LogP contribution in [0.1, 0.15) is 37.0 Å². The molecule has 0 radical (unpaired) electrons. The lowest BCUT2D eigenvalue weighted by molar-refractivity contribution is 0.238. The quantitative estimate of drug-likeness (QED) is 0.829. The van der Waals surface area contributed by atoms with Gasteiger partial charge in [-0.2, -0.15) is 0 Å². The maximum absolute atomic E-state index is 5.89. The minimum absolute atomic E-state index is 0.220. The van der Waals surface area contributed by atoms with Crippen LogP contribution in [-0.2, 0) is 6.42 Å². The zero-order valence-electron chi connectivity index (χ0n) is 10.8. The van der Waals surface area contributed by atoms with Crippen molar-refractivity contribution in [2.45, 2.75) is 46.6 Å². The second kappa shape index (κ2) is 5.90. The minimum atomic E-state index is 0.220. The van der Waals surface area contributed by atoms with E-state index in [4.69, 9.17) is 10.5 Å². The topological polar surface area (TPSA) is 35.2 Å². The molecule has 0 heterocycles. The molecule has 2 heteroatoms. The van der Waals surface area contributed by atoms with Crippen LogP contribution >= 0.6 is 0 Å². The predicted octanol–water partition coefficient (Wildman–Crippen LogP) is 2.98. The van der Waals surface area contributed by atoms with E-state index in [1.54, 1.807) is 0 Å². The van der Waals surface area contributed by atoms with Gasteiger partial charge in [-0.1, -0.05) is 17.7 Å². The molecule has 0 spiro atoms. The summed E-state index contributed by atoms with van der Waals surface area (Å²) >= 11 is 0. The summed E-state index contributed by atoms with van der Waals surface area (Å²) in [6.45, 7) is 9.08. The average Bonchev–Trinajstić information content (AvgIpc) is 2.19. The van der Waals surface area contributed by atoms with Gasteiger partial charge in [0.05, 0.1) is 6.10 Å². The summed E-state index contributed by atoms with van der Waals surface area (Å²) in [4.78, 5) is 0. The molecule has 0 aliphatic heterocycles. The van der Waals surface area contributed by atoms with E-state index in [0.29, 0.717) is 0 Å². The zero-order valence-corrected chi connectivity index (χ0v) is 10.8. The molecule has 1 aromatic rings. The molecule has 0 fully saturated rings. The fourth-order valence-corrected chi connectivity index (χ4v) is 1.92. The molecule has 16 heavy (non-hydrogen) atoms. The predicted molar refractivity (Wildman–Crippen MR) is 69.1 cm³/mol. The fourth-order valence-electron chi connectivity index (χ4n) is 1.92. The van der Waals surface area contributed by atoms with Crippen molar-refractivity contribution >= 4 is 0 Å². The van der Waals surface area contributed by atoms with E-state index in [2.05, 4.69) is 39.8 Å². The van der Waals surface area contributed by atoms with Crippen molar-refractivity contribution in [1.29, 1.82) is 0 Å². The summed E-state index contributed by atoms with van der Waals surface area (Å²) in [5, 5.41) is 0. The highest BCUT2D eigenvalue weighted by molar-refractivity contribution is 5.44. The van der Waals surface area contributed by atoms with Crippen LogP contribution in [0.4, 0.5) is 0 Å². The van der Waals surface area contributed by atoms with Gasteiger partial charge in [-0.25, -0.2) is 0 Å². The van der Waals surface area contributed by atoms with Gasteiger partial charge in [-0.15, -0.1) is 0 Å². The fraction of sp³-hybridized carbons (Fsp3) is 0.571. The van der Waals surface area contributed by atoms with E-state index in [9.17, 15) is 0 Å². The SMILES string of the molecule is Cc1cc(C)c(OC(C)C)c(CCCN)c1. The first-order chi connectivity index (χ1) is 7.54. The lowest BCUT2D eigenvalue weighted by atomic mass is 10.0. The third-order valence-electron chi connectivity index (χ3n) is 2.50. The molecule has 0 unspecified atom stereocenters. The van der Waals surface area contributed by atoms with Gasteiger partial charge < -0.3 is 10.5 Å². The van der Waals surface area contributed by atoms with Crippen molar-refractivity contribution in [3.8, 4) is 5.75 Å². The van der Waals surface area contributed by atoms with Gasteiger partial charge >= 0.3 is 0 Å². The number of rotatable bonds is 5. The Hall–Kier alpha value is -1.02. The summed E-state index contributed by atoms with van der Waals surface area (Å²) in [5.41, 5.74) is 9.37. The van der Waals surface area contributed by atoms with Gasteiger partial charge in [-0.05, 0) is 58.2 Å². The van der Waals surface area contributed by atoms with Crippen molar-refractivity contribution in [3.05, 3.63) is 28.8 Å². The van der Waals surface area contributed by atoms with E-state index < -0.39 is 0 Å². The monoisotopic (exact) mass is 221 g/mol. The van der Waals surface area contributed by atoms with E-state index in [1.807, 2.05) is 0 Å². The lowest BCUT2D eigenvalue weighted by Gasteiger charge is -2.17. The van der Waals surface area contributed by atoms with Crippen LogP contribution in [0, 0.1) is 13.8 Å². The zero-order chi connectivity index (χ0) is 12.1. The van der Waals surface area contributed by atoms with Crippen LogP contribution in [0.25, 0.3) is 0 Å². The third-order valence-corrected chi connectivity index (χ3v) is 2.50. The molecule has 0 aliphatic rings. The number of benzene rings is 1.